The van der Waals surface area contributed by atoms with Gasteiger partial charge in [0.1, 0.15) is 0 Å². The normalized spacial score (nSPS) is 20.4. The van der Waals surface area contributed by atoms with Gasteiger partial charge in [-0.25, -0.2) is 9.50 Å². The van der Waals surface area contributed by atoms with E-state index in [1.165, 1.54) is 10.6 Å². The third-order valence-corrected chi connectivity index (χ3v) is 5.32. The van der Waals surface area contributed by atoms with Gasteiger partial charge in [-0.3, -0.25) is 19.6 Å². The topological polar surface area (TPSA) is 90.7 Å². The first-order valence-corrected chi connectivity index (χ1v) is 9.01. The van der Waals surface area contributed by atoms with E-state index in [1.807, 2.05) is 44.2 Å². The number of aliphatic carboxylic acids is 1. The number of fused-ring (bicyclic) bond motifs is 1. The number of hydrogen-bond donors (Lipinski definition) is 2. The Balaban J connectivity index is 1.61. The summed E-state index contributed by atoms with van der Waals surface area (Å²) in [5, 5.41) is 12.7. The number of aromatic amines is 1. The fourth-order valence-electron chi connectivity index (χ4n) is 4.05. The molecule has 3 heterocycles. The van der Waals surface area contributed by atoms with Gasteiger partial charge in [-0.15, -0.1) is 0 Å². The minimum Gasteiger partial charge on any atom is -0.481 e. The second kappa shape index (κ2) is 6.66. The number of aromatic nitrogens is 3. The van der Waals surface area contributed by atoms with Crippen molar-refractivity contribution in [2.75, 3.05) is 13.1 Å². The van der Waals surface area contributed by atoms with Gasteiger partial charge >= 0.3 is 5.97 Å². The maximum Gasteiger partial charge on any atom is 0.308 e. The van der Waals surface area contributed by atoms with E-state index in [-0.39, 0.29) is 11.5 Å². The fraction of sp³-hybridized carbons (Fsp3) is 0.350. The fourth-order valence-corrected chi connectivity index (χ4v) is 4.05. The van der Waals surface area contributed by atoms with Gasteiger partial charge in [-0.05, 0) is 25.0 Å². The van der Waals surface area contributed by atoms with Crippen LogP contribution in [0.1, 0.15) is 28.4 Å². The van der Waals surface area contributed by atoms with Crippen LogP contribution in [0.25, 0.3) is 5.65 Å². The highest BCUT2D eigenvalue weighted by Crippen LogP contribution is 2.35. The molecule has 0 amide bonds. The standard InChI is InChI=1S/C20H22N4O3/c1-12-5-3-4-6-15(12)16-10-23(11-17(16)20(26)27)9-14-8-19(25)24-18(21-14)7-13(2)22-24/h3-8,16-17,22H,9-11H2,1-2H3,(H,26,27). The third kappa shape index (κ3) is 3.26. The van der Waals surface area contributed by atoms with Gasteiger partial charge in [-0.1, -0.05) is 24.3 Å². The van der Waals surface area contributed by atoms with Gasteiger partial charge in [0.05, 0.1) is 11.6 Å². The van der Waals surface area contributed by atoms with Crippen LogP contribution < -0.4 is 5.56 Å². The molecule has 2 N–H and O–H groups in total. The number of nitrogens with zero attached hydrogens (tertiary/aromatic N) is 3. The summed E-state index contributed by atoms with van der Waals surface area (Å²) in [6, 6.07) is 11.3. The predicted molar refractivity (Wildman–Crippen MR) is 101 cm³/mol. The third-order valence-electron chi connectivity index (χ3n) is 5.32. The van der Waals surface area contributed by atoms with E-state index >= 15 is 0 Å². The summed E-state index contributed by atoms with van der Waals surface area (Å²) >= 11 is 0. The second-order valence-electron chi connectivity index (χ2n) is 7.32. The van der Waals surface area contributed by atoms with Crippen molar-refractivity contribution in [1.29, 1.82) is 0 Å². The molecule has 140 valence electrons. The molecule has 27 heavy (non-hydrogen) atoms. The molecule has 0 saturated carbocycles. The van der Waals surface area contributed by atoms with E-state index in [2.05, 4.69) is 15.0 Å². The van der Waals surface area contributed by atoms with Crippen LogP contribution in [0.3, 0.4) is 0 Å². The molecule has 1 fully saturated rings. The van der Waals surface area contributed by atoms with Crippen molar-refractivity contribution in [3.8, 4) is 0 Å². The maximum absolute atomic E-state index is 12.3. The van der Waals surface area contributed by atoms with E-state index in [4.69, 9.17) is 0 Å². The summed E-state index contributed by atoms with van der Waals surface area (Å²) in [6.07, 6.45) is 0. The number of benzene rings is 1. The number of aryl methyl sites for hydroxylation is 2. The Bertz CT molecular complexity index is 1070. The highest BCUT2D eigenvalue weighted by molar-refractivity contribution is 5.72. The van der Waals surface area contributed by atoms with Crippen LogP contribution in [0.4, 0.5) is 0 Å². The number of likely N-dealkylation sites (tertiary alicyclic amines) is 1. The summed E-state index contributed by atoms with van der Waals surface area (Å²) in [5.41, 5.74) is 4.14. The summed E-state index contributed by atoms with van der Waals surface area (Å²) in [6.45, 7) is 5.43. The molecule has 1 aliphatic rings. The Kier molecular flexibility index (Phi) is 4.31. The van der Waals surface area contributed by atoms with Gasteiger partial charge in [0.25, 0.3) is 5.56 Å². The zero-order valence-corrected chi connectivity index (χ0v) is 15.3. The molecule has 1 saturated heterocycles. The Labute approximate surface area is 156 Å². The minimum absolute atomic E-state index is 0.0666. The van der Waals surface area contributed by atoms with Gasteiger partial charge in [0.2, 0.25) is 0 Å². The molecular formula is C20H22N4O3. The number of hydrogen-bond acceptors (Lipinski definition) is 4. The van der Waals surface area contributed by atoms with E-state index in [9.17, 15) is 14.7 Å². The Hall–Kier alpha value is -2.93. The lowest BCUT2D eigenvalue weighted by Crippen LogP contribution is -2.25. The second-order valence-corrected chi connectivity index (χ2v) is 7.32. The number of nitrogens with one attached hydrogen (secondary N) is 1. The number of H-pyrrole nitrogens is 1. The molecule has 7 nitrogen and oxygen atoms in total. The van der Waals surface area contributed by atoms with Crippen molar-refractivity contribution in [1.82, 2.24) is 19.5 Å². The zero-order valence-electron chi connectivity index (χ0n) is 15.3. The Morgan fingerprint density at radius 2 is 2.04 bits per heavy atom. The molecule has 3 aromatic rings. The number of carboxylic acid groups (broad SMARTS) is 1. The van der Waals surface area contributed by atoms with Crippen molar-refractivity contribution in [2.45, 2.75) is 26.3 Å². The molecule has 4 rings (SSSR count). The predicted octanol–water partition coefficient (Wildman–Crippen LogP) is 1.94. The lowest BCUT2D eigenvalue weighted by Gasteiger charge is -2.17. The molecule has 1 aromatic carbocycles. The lowest BCUT2D eigenvalue weighted by molar-refractivity contribution is -0.141. The van der Waals surface area contributed by atoms with Crippen LogP contribution >= 0.6 is 0 Å². The smallest absolute Gasteiger partial charge is 0.308 e. The maximum atomic E-state index is 12.3. The van der Waals surface area contributed by atoms with Crippen molar-refractivity contribution in [3.05, 3.63) is 69.3 Å². The number of rotatable bonds is 4. The van der Waals surface area contributed by atoms with E-state index in [1.54, 1.807) is 0 Å². The zero-order chi connectivity index (χ0) is 19.1. The van der Waals surface area contributed by atoms with Crippen molar-refractivity contribution in [3.63, 3.8) is 0 Å². The average molecular weight is 366 g/mol. The van der Waals surface area contributed by atoms with Crippen LogP contribution in [0.5, 0.6) is 0 Å². The van der Waals surface area contributed by atoms with E-state index < -0.39 is 11.9 Å². The molecule has 2 unspecified atom stereocenters. The molecule has 0 radical (unpaired) electrons. The van der Waals surface area contributed by atoms with Gasteiger partial charge < -0.3 is 5.11 Å². The highest BCUT2D eigenvalue weighted by Gasteiger charge is 2.39. The minimum atomic E-state index is -0.782. The van der Waals surface area contributed by atoms with E-state index in [0.717, 1.165) is 16.8 Å². The average Bonchev–Trinajstić information content (AvgIpc) is 3.19. The van der Waals surface area contributed by atoms with Crippen molar-refractivity contribution in [2.24, 2.45) is 5.92 Å². The molecule has 2 atom stereocenters. The Morgan fingerprint density at radius 3 is 2.78 bits per heavy atom. The highest BCUT2D eigenvalue weighted by atomic mass is 16.4. The molecule has 0 bridgehead atoms. The van der Waals surface area contributed by atoms with Crippen molar-refractivity contribution >= 4 is 11.6 Å². The quantitative estimate of drug-likeness (QED) is 0.736. The lowest BCUT2D eigenvalue weighted by atomic mass is 9.86. The largest absolute Gasteiger partial charge is 0.481 e. The molecule has 0 spiro atoms. The Morgan fingerprint density at radius 1 is 1.26 bits per heavy atom. The number of carboxylic acids is 1. The molecular weight excluding hydrogens is 344 g/mol. The van der Waals surface area contributed by atoms with Crippen LogP contribution in [-0.4, -0.2) is 43.7 Å². The SMILES string of the molecule is Cc1cc2nc(CN3CC(C(=O)O)C(c4ccccc4C)C3)cc(=O)n2[nH]1. The molecule has 0 aliphatic carbocycles. The first-order chi connectivity index (χ1) is 12.9. The van der Waals surface area contributed by atoms with E-state index in [0.29, 0.717) is 31.0 Å². The first-order valence-electron chi connectivity index (χ1n) is 9.01. The molecule has 7 heteroatoms. The summed E-state index contributed by atoms with van der Waals surface area (Å²) < 4.78 is 1.42. The molecule has 1 aliphatic heterocycles. The van der Waals surface area contributed by atoms with Crippen LogP contribution in [0, 0.1) is 19.8 Å². The monoisotopic (exact) mass is 366 g/mol. The summed E-state index contributed by atoms with van der Waals surface area (Å²) in [7, 11) is 0. The first kappa shape index (κ1) is 17.5. The van der Waals surface area contributed by atoms with Gasteiger partial charge in [0.15, 0.2) is 5.65 Å². The van der Waals surface area contributed by atoms with Gasteiger partial charge in [0, 0.05) is 43.4 Å². The van der Waals surface area contributed by atoms with Crippen LogP contribution in [-0.2, 0) is 11.3 Å². The number of carbonyl (C=O) groups is 1. The van der Waals surface area contributed by atoms with Crippen LogP contribution in [0.2, 0.25) is 0 Å². The van der Waals surface area contributed by atoms with Crippen molar-refractivity contribution < 1.29 is 9.90 Å². The molecule has 2 aromatic heterocycles. The van der Waals surface area contributed by atoms with Gasteiger partial charge in [-0.2, -0.15) is 0 Å². The summed E-state index contributed by atoms with van der Waals surface area (Å²) in [4.78, 5) is 30.7. The van der Waals surface area contributed by atoms with Crippen LogP contribution in [0.15, 0.2) is 41.2 Å². The summed E-state index contributed by atoms with van der Waals surface area (Å²) in [5.74, 6) is -1.32.